The smallest absolute Gasteiger partial charge is 0.251 e. The molecule has 2 heterocycles. The first kappa shape index (κ1) is 19.0. The van der Waals surface area contributed by atoms with Gasteiger partial charge in [0.1, 0.15) is 0 Å². The maximum atomic E-state index is 12.4. The number of amides is 1. The fourth-order valence-electron chi connectivity index (χ4n) is 4.34. The van der Waals surface area contributed by atoms with Crippen LogP contribution in [-0.2, 0) is 0 Å². The molecule has 2 atom stereocenters. The number of aromatic nitrogens is 1. The average Bonchev–Trinajstić information content (AvgIpc) is 2.87. The lowest BCUT2D eigenvalue weighted by molar-refractivity contribution is 0.0951. The van der Waals surface area contributed by atoms with Gasteiger partial charge in [0.15, 0.2) is 0 Å². The van der Waals surface area contributed by atoms with E-state index >= 15 is 0 Å². The van der Waals surface area contributed by atoms with Crippen LogP contribution in [0.3, 0.4) is 0 Å². The Labute approximate surface area is 157 Å². The van der Waals surface area contributed by atoms with Gasteiger partial charge in [0.05, 0.1) is 0 Å². The number of hydrogen-bond acceptors (Lipinski definition) is 2. The number of aromatic amines is 1. The second-order valence-electron chi connectivity index (χ2n) is 8.30. The maximum Gasteiger partial charge on any atom is 0.251 e. The molecule has 4 heteroatoms. The number of piperidine rings is 1. The molecule has 1 amide bonds. The number of rotatable bonds is 6. The molecule has 1 saturated heterocycles. The number of unbranched alkanes of at least 4 members (excludes halogenated alkanes) is 1. The highest BCUT2D eigenvalue weighted by Crippen LogP contribution is 2.23. The van der Waals surface area contributed by atoms with Gasteiger partial charge in [-0.2, -0.15) is 0 Å². The van der Waals surface area contributed by atoms with E-state index in [4.69, 9.17) is 0 Å². The summed E-state index contributed by atoms with van der Waals surface area (Å²) in [7, 11) is 0. The van der Waals surface area contributed by atoms with Crippen molar-refractivity contribution in [2.24, 2.45) is 11.8 Å². The summed E-state index contributed by atoms with van der Waals surface area (Å²) in [5.74, 6) is 1.66. The van der Waals surface area contributed by atoms with Crippen molar-refractivity contribution < 1.29 is 4.79 Å². The zero-order chi connectivity index (χ0) is 18.7. The third kappa shape index (κ3) is 4.47. The number of H-pyrrole nitrogens is 1. The van der Waals surface area contributed by atoms with Gasteiger partial charge in [-0.1, -0.05) is 13.8 Å². The van der Waals surface area contributed by atoms with E-state index in [1.54, 1.807) is 0 Å². The molecule has 1 fully saturated rings. The lowest BCUT2D eigenvalue weighted by Crippen LogP contribution is -2.39. The van der Waals surface area contributed by atoms with E-state index in [2.05, 4.69) is 42.9 Å². The van der Waals surface area contributed by atoms with Gasteiger partial charge in [-0.3, -0.25) is 4.79 Å². The Hall–Kier alpha value is -1.81. The van der Waals surface area contributed by atoms with Crippen molar-refractivity contribution in [2.75, 3.05) is 26.2 Å². The van der Waals surface area contributed by atoms with Crippen LogP contribution in [0.5, 0.6) is 0 Å². The summed E-state index contributed by atoms with van der Waals surface area (Å²) in [6.45, 7) is 13.2. The lowest BCUT2D eigenvalue weighted by Gasteiger charge is -2.34. The molecule has 0 aliphatic carbocycles. The topological polar surface area (TPSA) is 48.1 Å². The molecule has 0 bridgehead atoms. The first-order valence-corrected chi connectivity index (χ1v) is 10.0. The fourth-order valence-corrected chi connectivity index (χ4v) is 4.34. The number of carbonyl (C=O) groups is 1. The molecule has 1 aliphatic rings. The number of nitrogens with zero attached hydrogens (tertiary/aromatic N) is 1. The molecular formula is C22H33N3O. The normalized spacial score (nSPS) is 21.2. The molecule has 3 rings (SSSR count). The van der Waals surface area contributed by atoms with Crippen molar-refractivity contribution in [1.29, 1.82) is 0 Å². The first-order valence-electron chi connectivity index (χ1n) is 10.0. The SMILES string of the molecule is Cc1[nH]c2ccc(C(=O)NCCCCN3C[C@H](C)C[C@H](C)C3)cc2c1C. The summed E-state index contributed by atoms with van der Waals surface area (Å²) >= 11 is 0. The summed E-state index contributed by atoms with van der Waals surface area (Å²) in [6, 6.07) is 5.91. The van der Waals surface area contributed by atoms with Crippen molar-refractivity contribution in [3.8, 4) is 0 Å². The summed E-state index contributed by atoms with van der Waals surface area (Å²) in [5, 5.41) is 4.22. The summed E-state index contributed by atoms with van der Waals surface area (Å²) < 4.78 is 0. The Morgan fingerprint density at radius 2 is 1.92 bits per heavy atom. The summed E-state index contributed by atoms with van der Waals surface area (Å²) in [4.78, 5) is 18.4. The molecule has 26 heavy (non-hydrogen) atoms. The molecule has 4 nitrogen and oxygen atoms in total. The number of fused-ring (bicyclic) bond motifs is 1. The summed E-state index contributed by atoms with van der Waals surface area (Å²) in [6.07, 6.45) is 3.54. The summed E-state index contributed by atoms with van der Waals surface area (Å²) in [5.41, 5.74) is 4.23. The van der Waals surface area contributed by atoms with Gasteiger partial charge in [0.25, 0.3) is 5.91 Å². The van der Waals surface area contributed by atoms with Crippen LogP contribution in [0, 0.1) is 25.7 Å². The highest BCUT2D eigenvalue weighted by atomic mass is 16.1. The van der Waals surface area contributed by atoms with Gasteiger partial charge in [0, 0.05) is 41.8 Å². The Morgan fingerprint density at radius 3 is 2.65 bits per heavy atom. The van der Waals surface area contributed by atoms with E-state index in [9.17, 15) is 4.79 Å². The molecule has 142 valence electrons. The third-order valence-electron chi connectivity index (χ3n) is 5.70. The maximum absolute atomic E-state index is 12.4. The van der Waals surface area contributed by atoms with Crippen LogP contribution in [0.15, 0.2) is 18.2 Å². The largest absolute Gasteiger partial charge is 0.358 e. The molecule has 1 aromatic heterocycles. The molecular weight excluding hydrogens is 322 g/mol. The minimum atomic E-state index is 0.0328. The highest BCUT2D eigenvalue weighted by Gasteiger charge is 2.21. The number of nitrogens with one attached hydrogen (secondary N) is 2. The monoisotopic (exact) mass is 355 g/mol. The van der Waals surface area contributed by atoms with Crippen LogP contribution in [-0.4, -0.2) is 42.0 Å². The van der Waals surface area contributed by atoms with E-state index in [1.807, 2.05) is 18.2 Å². The lowest BCUT2D eigenvalue weighted by atomic mass is 9.92. The molecule has 0 saturated carbocycles. The van der Waals surface area contributed by atoms with E-state index < -0.39 is 0 Å². The van der Waals surface area contributed by atoms with Crippen molar-refractivity contribution in [3.05, 3.63) is 35.0 Å². The molecule has 0 unspecified atom stereocenters. The van der Waals surface area contributed by atoms with Crippen LogP contribution in [0.25, 0.3) is 10.9 Å². The number of likely N-dealkylation sites (tertiary alicyclic amines) is 1. The van der Waals surface area contributed by atoms with Crippen LogP contribution < -0.4 is 5.32 Å². The third-order valence-corrected chi connectivity index (χ3v) is 5.70. The van der Waals surface area contributed by atoms with Crippen molar-refractivity contribution in [3.63, 3.8) is 0 Å². The van der Waals surface area contributed by atoms with Crippen LogP contribution in [0.1, 0.15) is 54.7 Å². The number of carbonyl (C=O) groups excluding carboxylic acids is 1. The highest BCUT2D eigenvalue weighted by molar-refractivity contribution is 5.99. The van der Waals surface area contributed by atoms with Gasteiger partial charge in [-0.25, -0.2) is 0 Å². The van der Waals surface area contributed by atoms with E-state index in [0.717, 1.165) is 54.2 Å². The number of hydrogen-bond donors (Lipinski definition) is 2. The van der Waals surface area contributed by atoms with Crippen LogP contribution in [0.4, 0.5) is 0 Å². The zero-order valence-corrected chi connectivity index (χ0v) is 16.7. The predicted octanol–water partition coefficient (Wildman–Crippen LogP) is 4.27. The van der Waals surface area contributed by atoms with Crippen molar-refractivity contribution in [2.45, 2.75) is 47.0 Å². The van der Waals surface area contributed by atoms with Crippen molar-refractivity contribution >= 4 is 16.8 Å². The van der Waals surface area contributed by atoms with Crippen molar-refractivity contribution in [1.82, 2.24) is 15.2 Å². The number of aryl methyl sites for hydroxylation is 2. The second kappa shape index (κ2) is 8.26. The average molecular weight is 356 g/mol. The van der Waals surface area contributed by atoms with Gasteiger partial charge in [-0.15, -0.1) is 0 Å². The minimum absolute atomic E-state index is 0.0328. The van der Waals surface area contributed by atoms with Gasteiger partial charge in [-0.05, 0) is 75.3 Å². The Morgan fingerprint density at radius 1 is 1.19 bits per heavy atom. The van der Waals surface area contributed by atoms with Gasteiger partial charge >= 0.3 is 0 Å². The Bertz CT molecular complexity index is 754. The fraction of sp³-hybridized carbons (Fsp3) is 0.591. The minimum Gasteiger partial charge on any atom is -0.358 e. The molecule has 2 aromatic rings. The zero-order valence-electron chi connectivity index (χ0n) is 16.7. The molecule has 1 aliphatic heterocycles. The second-order valence-corrected chi connectivity index (χ2v) is 8.30. The quantitative estimate of drug-likeness (QED) is 0.760. The Kier molecular flexibility index (Phi) is 6.02. The van der Waals surface area contributed by atoms with Crippen LogP contribution in [0.2, 0.25) is 0 Å². The van der Waals surface area contributed by atoms with E-state index in [1.165, 1.54) is 30.8 Å². The molecule has 1 aromatic carbocycles. The van der Waals surface area contributed by atoms with Gasteiger partial charge < -0.3 is 15.2 Å². The predicted molar refractivity (Wildman–Crippen MR) is 109 cm³/mol. The first-order chi connectivity index (χ1) is 12.4. The standard InChI is InChI=1S/C22H33N3O/c1-15-11-16(2)14-25(13-15)10-6-5-9-23-22(26)19-7-8-21-20(12-19)17(3)18(4)24-21/h7-8,12,15-16,24H,5-6,9-11,13-14H2,1-4H3,(H,23,26)/t15-,16+. The molecule has 0 spiro atoms. The van der Waals surface area contributed by atoms with E-state index in [-0.39, 0.29) is 5.91 Å². The van der Waals surface area contributed by atoms with Crippen LogP contribution >= 0.6 is 0 Å². The van der Waals surface area contributed by atoms with E-state index in [0.29, 0.717) is 0 Å². The Balaban J connectivity index is 1.43. The molecule has 0 radical (unpaired) electrons. The van der Waals surface area contributed by atoms with Gasteiger partial charge in [0.2, 0.25) is 0 Å². The molecule has 2 N–H and O–H groups in total. The number of benzene rings is 1.